The van der Waals surface area contributed by atoms with Crippen LogP contribution in [0.3, 0.4) is 0 Å². The third-order valence-electron chi connectivity index (χ3n) is 3.09. The topological polar surface area (TPSA) is 85.6 Å². The third-order valence-corrected chi connectivity index (χ3v) is 4.66. The number of hydrogen-bond donors (Lipinski definition) is 1. The van der Waals surface area contributed by atoms with Crippen LogP contribution in [0.5, 0.6) is 0 Å². The second kappa shape index (κ2) is 7.49. The fraction of sp³-hybridized carbons (Fsp3) is 0.214. The lowest BCUT2D eigenvalue weighted by atomic mass is 10.2. The molecule has 3 rings (SSSR count). The summed E-state index contributed by atoms with van der Waals surface area (Å²) in [7, 11) is 0. The number of amides is 1. The number of aromatic nitrogens is 5. The lowest BCUT2D eigenvalue weighted by molar-refractivity contribution is -0.113. The number of thioether (sulfide) groups is 1. The highest BCUT2D eigenvalue weighted by atomic mass is 32.2. The maximum absolute atomic E-state index is 14.0. The number of carbonyl (C=O) groups excluding carboxylic acids is 1. The van der Waals surface area contributed by atoms with E-state index in [9.17, 15) is 9.18 Å². The van der Waals surface area contributed by atoms with Crippen LogP contribution in [0.2, 0.25) is 0 Å². The molecule has 3 aromatic rings. The van der Waals surface area contributed by atoms with Gasteiger partial charge in [0, 0.05) is 6.54 Å². The largest absolute Gasteiger partial charge is 0.302 e. The van der Waals surface area contributed by atoms with E-state index in [1.807, 2.05) is 6.92 Å². The summed E-state index contributed by atoms with van der Waals surface area (Å²) in [6, 6.07) is 6.41. The van der Waals surface area contributed by atoms with E-state index in [-0.39, 0.29) is 17.5 Å². The Morgan fingerprint density at radius 2 is 2.17 bits per heavy atom. The molecule has 1 amide bonds. The van der Waals surface area contributed by atoms with Crippen LogP contribution in [0.25, 0.3) is 11.4 Å². The van der Waals surface area contributed by atoms with Crippen molar-refractivity contribution in [3.8, 4) is 11.4 Å². The molecule has 0 fully saturated rings. The second-order valence-electron chi connectivity index (χ2n) is 4.61. The zero-order chi connectivity index (χ0) is 16.9. The maximum Gasteiger partial charge on any atom is 0.236 e. The second-order valence-corrected chi connectivity index (χ2v) is 6.39. The normalized spacial score (nSPS) is 10.8. The Kier molecular flexibility index (Phi) is 5.16. The minimum Gasteiger partial charge on any atom is -0.302 e. The van der Waals surface area contributed by atoms with Crippen LogP contribution in [-0.2, 0) is 11.3 Å². The summed E-state index contributed by atoms with van der Waals surface area (Å²) < 4.78 is 15.7. The summed E-state index contributed by atoms with van der Waals surface area (Å²) in [5, 5.41) is 19.2. The Morgan fingerprint density at radius 1 is 1.33 bits per heavy atom. The number of hydrogen-bond acceptors (Lipinski definition) is 7. The van der Waals surface area contributed by atoms with Gasteiger partial charge in [0.25, 0.3) is 0 Å². The van der Waals surface area contributed by atoms with Crippen molar-refractivity contribution >= 4 is 34.1 Å². The zero-order valence-electron chi connectivity index (χ0n) is 12.6. The molecule has 0 unspecified atom stereocenters. The van der Waals surface area contributed by atoms with Crippen molar-refractivity contribution in [2.45, 2.75) is 18.6 Å². The Morgan fingerprint density at radius 3 is 2.88 bits per heavy atom. The average Bonchev–Trinajstić information content (AvgIpc) is 3.22. The Hall–Kier alpha value is -2.33. The van der Waals surface area contributed by atoms with Crippen LogP contribution >= 0.6 is 23.1 Å². The summed E-state index contributed by atoms with van der Waals surface area (Å²) in [6.07, 6.45) is 0. The van der Waals surface area contributed by atoms with Crippen LogP contribution in [0.1, 0.15) is 6.92 Å². The molecule has 124 valence electrons. The van der Waals surface area contributed by atoms with Gasteiger partial charge in [-0.2, -0.15) is 0 Å². The van der Waals surface area contributed by atoms with Gasteiger partial charge in [0.15, 0.2) is 11.0 Å². The highest BCUT2D eigenvalue weighted by molar-refractivity contribution is 7.99. The molecule has 1 N–H and O–H groups in total. The van der Waals surface area contributed by atoms with Crippen molar-refractivity contribution < 1.29 is 9.18 Å². The van der Waals surface area contributed by atoms with Crippen LogP contribution < -0.4 is 5.32 Å². The summed E-state index contributed by atoms with van der Waals surface area (Å²) >= 11 is 2.48. The minimum absolute atomic E-state index is 0.148. The third kappa shape index (κ3) is 3.60. The molecule has 0 saturated heterocycles. The SMILES string of the molecule is CCn1c(SCC(=O)Nc2nncs2)nnc1-c1ccccc1F. The van der Waals surface area contributed by atoms with Gasteiger partial charge in [0.05, 0.1) is 11.3 Å². The van der Waals surface area contributed by atoms with E-state index < -0.39 is 0 Å². The van der Waals surface area contributed by atoms with Crippen LogP contribution in [0.15, 0.2) is 34.9 Å². The molecule has 0 bridgehead atoms. The summed E-state index contributed by atoms with van der Waals surface area (Å²) in [5.41, 5.74) is 1.92. The maximum atomic E-state index is 14.0. The van der Waals surface area contributed by atoms with E-state index in [0.717, 1.165) is 0 Å². The van der Waals surface area contributed by atoms with Gasteiger partial charge in [-0.15, -0.1) is 20.4 Å². The number of benzene rings is 1. The van der Waals surface area contributed by atoms with Crippen molar-refractivity contribution in [3.05, 3.63) is 35.6 Å². The van der Waals surface area contributed by atoms with Gasteiger partial charge in [-0.1, -0.05) is 35.2 Å². The van der Waals surface area contributed by atoms with Gasteiger partial charge in [0.1, 0.15) is 11.3 Å². The number of halogens is 1. The van der Waals surface area contributed by atoms with Crippen molar-refractivity contribution in [1.82, 2.24) is 25.0 Å². The first-order valence-corrected chi connectivity index (χ1v) is 8.92. The van der Waals surface area contributed by atoms with Gasteiger partial charge < -0.3 is 4.57 Å². The Labute approximate surface area is 145 Å². The molecule has 0 saturated carbocycles. The van der Waals surface area contributed by atoms with Crippen molar-refractivity contribution in [3.63, 3.8) is 0 Å². The predicted octanol–water partition coefficient (Wildman–Crippen LogP) is 2.69. The van der Waals surface area contributed by atoms with Crippen LogP contribution in [-0.4, -0.2) is 36.6 Å². The lowest BCUT2D eigenvalue weighted by Gasteiger charge is -2.07. The fourth-order valence-electron chi connectivity index (χ4n) is 2.04. The van der Waals surface area contributed by atoms with E-state index in [1.165, 1.54) is 34.7 Å². The molecule has 0 aliphatic rings. The first kappa shape index (κ1) is 16.5. The predicted molar refractivity (Wildman–Crippen MR) is 90.4 cm³/mol. The van der Waals surface area contributed by atoms with Crippen molar-refractivity contribution in [2.75, 3.05) is 11.1 Å². The smallest absolute Gasteiger partial charge is 0.236 e. The van der Waals surface area contributed by atoms with Gasteiger partial charge in [-0.25, -0.2) is 4.39 Å². The monoisotopic (exact) mass is 364 g/mol. The van der Waals surface area contributed by atoms with E-state index in [1.54, 1.807) is 22.8 Å². The molecule has 0 atom stereocenters. The van der Waals surface area contributed by atoms with Crippen LogP contribution in [0, 0.1) is 5.82 Å². The molecular weight excluding hydrogens is 351 g/mol. The van der Waals surface area contributed by atoms with Crippen molar-refractivity contribution in [2.24, 2.45) is 0 Å². The highest BCUT2D eigenvalue weighted by Gasteiger charge is 2.17. The molecule has 0 radical (unpaired) electrons. The summed E-state index contributed by atoms with van der Waals surface area (Å²) in [4.78, 5) is 11.9. The lowest BCUT2D eigenvalue weighted by Crippen LogP contribution is -2.14. The molecule has 7 nitrogen and oxygen atoms in total. The van der Waals surface area contributed by atoms with Gasteiger partial charge >= 0.3 is 0 Å². The number of nitrogens with zero attached hydrogens (tertiary/aromatic N) is 5. The van der Waals surface area contributed by atoms with E-state index >= 15 is 0 Å². The zero-order valence-corrected chi connectivity index (χ0v) is 14.3. The summed E-state index contributed by atoms with van der Waals surface area (Å²) in [6.45, 7) is 2.48. The molecule has 10 heteroatoms. The Bertz CT molecular complexity index is 836. The molecule has 2 aromatic heterocycles. The molecule has 2 heterocycles. The summed E-state index contributed by atoms with van der Waals surface area (Å²) in [5.74, 6) is 0.0252. The first-order chi connectivity index (χ1) is 11.7. The first-order valence-electron chi connectivity index (χ1n) is 7.06. The fourth-order valence-corrected chi connectivity index (χ4v) is 3.30. The highest BCUT2D eigenvalue weighted by Crippen LogP contribution is 2.25. The Balaban J connectivity index is 1.73. The number of carbonyl (C=O) groups is 1. The molecule has 24 heavy (non-hydrogen) atoms. The van der Waals surface area contributed by atoms with E-state index in [0.29, 0.717) is 28.2 Å². The average molecular weight is 364 g/mol. The quantitative estimate of drug-likeness (QED) is 0.677. The molecule has 0 aliphatic carbocycles. The van der Waals surface area contributed by atoms with Crippen LogP contribution in [0.4, 0.5) is 9.52 Å². The number of nitrogens with one attached hydrogen (secondary N) is 1. The standard InChI is InChI=1S/C14H13FN6OS2/c1-2-21-12(9-5-3-4-6-10(9)15)18-20-14(21)23-7-11(22)17-13-19-16-8-24-13/h3-6,8H,2,7H2,1H3,(H,17,19,22). The van der Waals surface area contributed by atoms with E-state index in [2.05, 4.69) is 25.7 Å². The van der Waals surface area contributed by atoms with E-state index in [4.69, 9.17) is 0 Å². The molecule has 0 aliphatic heterocycles. The van der Waals surface area contributed by atoms with Gasteiger partial charge in [0.2, 0.25) is 11.0 Å². The number of rotatable bonds is 6. The molecular formula is C14H13FN6OS2. The van der Waals surface area contributed by atoms with Crippen molar-refractivity contribution in [1.29, 1.82) is 0 Å². The number of anilines is 1. The molecule has 1 aromatic carbocycles. The van der Waals surface area contributed by atoms with Gasteiger partial charge in [-0.05, 0) is 19.1 Å². The minimum atomic E-state index is -0.356. The molecule has 0 spiro atoms. The van der Waals surface area contributed by atoms with Gasteiger partial charge in [-0.3, -0.25) is 10.1 Å².